The minimum absolute atomic E-state index is 0.0862. The Labute approximate surface area is 150 Å². The molecule has 3 rings (SSSR count). The Morgan fingerprint density at radius 2 is 2.19 bits per heavy atom. The summed E-state index contributed by atoms with van der Waals surface area (Å²) >= 11 is 0. The topological polar surface area (TPSA) is 116 Å². The number of H-pyrrole nitrogens is 1. The molecule has 1 aliphatic rings. The molecule has 9 nitrogen and oxygen atoms in total. The van der Waals surface area contributed by atoms with Crippen molar-refractivity contribution in [2.45, 2.75) is 19.0 Å². The Morgan fingerprint density at radius 3 is 2.96 bits per heavy atom. The minimum Gasteiger partial charge on any atom is -0.353 e. The van der Waals surface area contributed by atoms with E-state index in [2.05, 4.69) is 31.3 Å². The van der Waals surface area contributed by atoms with Crippen molar-refractivity contribution in [3.05, 3.63) is 47.8 Å². The summed E-state index contributed by atoms with van der Waals surface area (Å²) in [6, 6.07) is 9.46. The molecular formula is C17H21N7O2. The maximum absolute atomic E-state index is 12.2. The van der Waals surface area contributed by atoms with Crippen LogP contribution in [-0.4, -0.2) is 63.0 Å². The molecular weight excluding hydrogens is 334 g/mol. The maximum atomic E-state index is 12.2. The van der Waals surface area contributed by atoms with E-state index in [0.717, 1.165) is 5.56 Å². The molecule has 1 saturated heterocycles. The predicted octanol–water partition coefficient (Wildman–Crippen LogP) is -0.280. The SMILES string of the molecule is O=C(C[C@@H]1C(=O)NCCN1C/C=C/c1ccccc1)NCc1nn[nH]n1. The zero-order valence-electron chi connectivity index (χ0n) is 14.3. The summed E-state index contributed by atoms with van der Waals surface area (Å²) in [6.45, 7) is 2.06. The third kappa shape index (κ3) is 4.96. The summed E-state index contributed by atoms with van der Waals surface area (Å²) in [5.74, 6) is 0.0436. The standard InChI is InChI=1S/C17H21N7O2/c25-16(19-12-15-20-22-23-21-15)11-14-17(26)18-8-10-24(14)9-4-7-13-5-2-1-3-6-13/h1-7,14H,8-12H2,(H,18,26)(H,19,25)(H,20,21,22,23)/b7-4+/t14-/m1/s1. The molecule has 0 spiro atoms. The highest BCUT2D eigenvalue weighted by Crippen LogP contribution is 2.10. The van der Waals surface area contributed by atoms with Crippen molar-refractivity contribution in [1.29, 1.82) is 0 Å². The van der Waals surface area contributed by atoms with Crippen LogP contribution in [0.2, 0.25) is 0 Å². The number of amides is 2. The molecule has 0 unspecified atom stereocenters. The fourth-order valence-electron chi connectivity index (χ4n) is 2.77. The van der Waals surface area contributed by atoms with Gasteiger partial charge in [-0.2, -0.15) is 5.21 Å². The third-order valence-electron chi connectivity index (χ3n) is 4.10. The number of nitrogens with one attached hydrogen (secondary N) is 3. The summed E-state index contributed by atoms with van der Waals surface area (Å²) in [5, 5.41) is 18.8. The van der Waals surface area contributed by atoms with Crippen molar-refractivity contribution in [2.24, 2.45) is 0 Å². The quantitative estimate of drug-likeness (QED) is 0.629. The van der Waals surface area contributed by atoms with Gasteiger partial charge in [-0.25, -0.2) is 0 Å². The van der Waals surface area contributed by atoms with Crippen molar-refractivity contribution < 1.29 is 9.59 Å². The highest BCUT2D eigenvalue weighted by molar-refractivity contribution is 5.88. The second kappa shape index (κ2) is 8.86. The van der Waals surface area contributed by atoms with Gasteiger partial charge in [-0.3, -0.25) is 14.5 Å². The molecule has 1 aromatic carbocycles. The minimum atomic E-state index is -0.491. The molecule has 1 aliphatic heterocycles. The summed E-state index contributed by atoms with van der Waals surface area (Å²) in [7, 11) is 0. The van der Waals surface area contributed by atoms with Gasteiger partial charge in [0, 0.05) is 19.6 Å². The second-order valence-corrected chi connectivity index (χ2v) is 5.92. The zero-order chi connectivity index (χ0) is 18.2. The lowest BCUT2D eigenvalue weighted by Gasteiger charge is -2.33. The van der Waals surface area contributed by atoms with Crippen LogP contribution in [0.25, 0.3) is 6.08 Å². The monoisotopic (exact) mass is 355 g/mol. The van der Waals surface area contributed by atoms with Gasteiger partial charge in [0.05, 0.1) is 19.0 Å². The van der Waals surface area contributed by atoms with Crippen molar-refractivity contribution in [2.75, 3.05) is 19.6 Å². The fraction of sp³-hybridized carbons (Fsp3) is 0.353. The Balaban J connectivity index is 1.54. The number of carbonyl (C=O) groups excluding carboxylic acids is 2. The molecule has 136 valence electrons. The van der Waals surface area contributed by atoms with E-state index < -0.39 is 6.04 Å². The van der Waals surface area contributed by atoms with Gasteiger partial charge in [0.15, 0.2) is 5.82 Å². The number of nitrogens with zero attached hydrogens (tertiary/aromatic N) is 4. The first kappa shape index (κ1) is 17.7. The molecule has 26 heavy (non-hydrogen) atoms. The van der Waals surface area contributed by atoms with E-state index in [-0.39, 0.29) is 24.8 Å². The van der Waals surface area contributed by atoms with E-state index >= 15 is 0 Å². The third-order valence-corrected chi connectivity index (χ3v) is 4.10. The van der Waals surface area contributed by atoms with Crippen LogP contribution in [0.4, 0.5) is 0 Å². The van der Waals surface area contributed by atoms with Crippen molar-refractivity contribution in [1.82, 2.24) is 36.2 Å². The number of carbonyl (C=O) groups is 2. The molecule has 2 heterocycles. The van der Waals surface area contributed by atoms with Crippen LogP contribution in [0.3, 0.4) is 0 Å². The lowest BCUT2D eigenvalue weighted by atomic mass is 10.1. The van der Waals surface area contributed by atoms with Gasteiger partial charge in [-0.15, -0.1) is 10.2 Å². The molecule has 1 fully saturated rings. The number of benzene rings is 1. The Kier molecular flexibility index (Phi) is 6.05. The molecule has 3 N–H and O–H groups in total. The molecule has 1 atom stereocenters. The van der Waals surface area contributed by atoms with Gasteiger partial charge >= 0.3 is 0 Å². The van der Waals surface area contributed by atoms with Crippen LogP contribution < -0.4 is 10.6 Å². The molecule has 1 aromatic heterocycles. The van der Waals surface area contributed by atoms with Crippen LogP contribution in [0.5, 0.6) is 0 Å². The van der Waals surface area contributed by atoms with Crippen LogP contribution >= 0.6 is 0 Å². The zero-order valence-corrected chi connectivity index (χ0v) is 14.3. The Morgan fingerprint density at radius 1 is 1.35 bits per heavy atom. The van der Waals surface area contributed by atoms with E-state index in [1.54, 1.807) is 0 Å². The van der Waals surface area contributed by atoms with Crippen LogP contribution in [-0.2, 0) is 16.1 Å². The molecule has 9 heteroatoms. The van der Waals surface area contributed by atoms with E-state index in [1.165, 1.54) is 0 Å². The molecule has 2 amide bonds. The average Bonchev–Trinajstić information content (AvgIpc) is 3.17. The van der Waals surface area contributed by atoms with Crippen molar-refractivity contribution >= 4 is 17.9 Å². The maximum Gasteiger partial charge on any atom is 0.237 e. The van der Waals surface area contributed by atoms with E-state index in [1.807, 2.05) is 47.4 Å². The van der Waals surface area contributed by atoms with Gasteiger partial charge in [-0.1, -0.05) is 47.7 Å². The Bertz CT molecular complexity index is 746. The largest absolute Gasteiger partial charge is 0.353 e. The number of tetrazole rings is 1. The van der Waals surface area contributed by atoms with Crippen LogP contribution in [0, 0.1) is 0 Å². The molecule has 0 aliphatic carbocycles. The smallest absolute Gasteiger partial charge is 0.237 e. The van der Waals surface area contributed by atoms with Gasteiger partial charge in [0.25, 0.3) is 0 Å². The lowest BCUT2D eigenvalue weighted by molar-refractivity contribution is -0.133. The first-order chi connectivity index (χ1) is 12.7. The van der Waals surface area contributed by atoms with Crippen LogP contribution in [0.1, 0.15) is 17.8 Å². The summed E-state index contributed by atoms with van der Waals surface area (Å²) in [6.07, 6.45) is 4.11. The Hall–Kier alpha value is -3.07. The van der Waals surface area contributed by atoms with E-state index in [9.17, 15) is 9.59 Å². The van der Waals surface area contributed by atoms with Gasteiger partial charge in [-0.05, 0) is 5.56 Å². The molecule has 0 bridgehead atoms. The van der Waals surface area contributed by atoms with E-state index in [0.29, 0.717) is 25.5 Å². The van der Waals surface area contributed by atoms with Gasteiger partial charge < -0.3 is 10.6 Å². The fourth-order valence-corrected chi connectivity index (χ4v) is 2.77. The predicted molar refractivity (Wildman–Crippen MR) is 94.5 cm³/mol. The number of piperazine rings is 1. The number of aromatic nitrogens is 4. The first-order valence-electron chi connectivity index (χ1n) is 8.45. The van der Waals surface area contributed by atoms with Crippen LogP contribution in [0.15, 0.2) is 36.4 Å². The summed E-state index contributed by atoms with van der Waals surface area (Å²) < 4.78 is 0. The summed E-state index contributed by atoms with van der Waals surface area (Å²) in [5.41, 5.74) is 1.10. The van der Waals surface area contributed by atoms with Crippen molar-refractivity contribution in [3.8, 4) is 0 Å². The highest BCUT2D eigenvalue weighted by Gasteiger charge is 2.30. The second-order valence-electron chi connectivity index (χ2n) is 5.92. The number of hydrogen-bond donors (Lipinski definition) is 3. The van der Waals surface area contributed by atoms with Crippen molar-refractivity contribution in [3.63, 3.8) is 0 Å². The highest BCUT2D eigenvalue weighted by atomic mass is 16.2. The summed E-state index contributed by atoms with van der Waals surface area (Å²) in [4.78, 5) is 26.4. The average molecular weight is 355 g/mol. The van der Waals surface area contributed by atoms with Gasteiger partial charge in [0.2, 0.25) is 11.8 Å². The molecule has 2 aromatic rings. The molecule has 0 radical (unpaired) electrons. The number of rotatable bonds is 7. The van der Waals surface area contributed by atoms with E-state index in [4.69, 9.17) is 0 Å². The van der Waals surface area contributed by atoms with Gasteiger partial charge in [0.1, 0.15) is 0 Å². The number of hydrogen-bond acceptors (Lipinski definition) is 6. The first-order valence-corrected chi connectivity index (χ1v) is 8.45. The lowest BCUT2D eigenvalue weighted by Crippen LogP contribution is -2.56. The molecule has 0 saturated carbocycles. The normalized spacial score (nSPS) is 18.0. The number of aromatic amines is 1.